The normalized spacial score (nSPS) is 10.6. The number of benzene rings is 1. The van der Waals surface area contributed by atoms with Crippen LogP contribution in [0.4, 0.5) is 5.69 Å². The van der Waals surface area contributed by atoms with Crippen LogP contribution in [-0.2, 0) is 5.75 Å². The molecule has 0 aliphatic rings. The molecule has 0 saturated heterocycles. The van der Waals surface area contributed by atoms with Crippen LogP contribution in [0.25, 0.3) is 0 Å². The fourth-order valence-corrected chi connectivity index (χ4v) is 2.72. The molecule has 0 bridgehead atoms. The van der Waals surface area contributed by atoms with Gasteiger partial charge in [0, 0.05) is 16.1 Å². The number of aromatic carboxylic acids is 1. The zero-order valence-electron chi connectivity index (χ0n) is 10.8. The summed E-state index contributed by atoms with van der Waals surface area (Å²) in [4.78, 5) is 12.0. The number of rotatable bonds is 4. The number of carbonyl (C=O) groups is 1. The summed E-state index contributed by atoms with van der Waals surface area (Å²) in [6, 6.07) is 7.52. The molecule has 0 fully saturated rings. The van der Waals surface area contributed by atoms with Crippen LogP contribution in [0.2, 0.25) is 0 Å². The van der Waals surface area contributed by atoms with Gasteiger partial charge in [-0.05, 0) is 37.6 Å². The summed E-state index contributed by atoms with van der Waals surface area (Å²) in [7, 11) is 0. The molecule has 0 aliphatic heterocycles. The van der Waals surface area contributed by atoms with Gasteiger partial charge in [-0.25, -0.2) is 4.79 Å². The fourth-order valence-electron chi connectivity index (χ4n) is 1.77. The lowest BCUT2D eigenvalue weighted by atomic mass is 10.2. The summed E-state index contributed by atoms with van der Waals surface area (Å²) in [5.41, 5.74) is 8.28. The second-order valence-electron chi connectivity index (χ2n) is 4.29. The first-order chi connectivity index (χ1) is 8.99. The number of thioether (sulfide) groups is 1. The number of nitrogens with two attached hydrogens (primary N) is 1. The molecule has 4 nitrogen and oxygen atoms in total. The molecule has 1 aromatic heterocycles. The summed E-state index contributed by atoms with van der Waals surface area (Å²) in [5.74, 6) is 0.216. The average Bonchev–Trinajstić information content (AvgIpc) is 2.73. The van der Waals surface area contributed by atoms with E-state index in [9.17, 15) is 4.79 Å². The molecule has 2 aromatic rings. The monoisotopic (exact) mass is 277 g/mol. The highest BCUT2D eigenvalue weighted by atomic mass is 32.2. The van der Waals surface area contributed by atoms with Crippen molar-refractivity contribution in [3.8, 4) is 0 Å². The molecule has 0 radical (unpaired) electrons. The molecule has 0 amide bonds. The van der Waals surface area contributed by atoms with Gasteiger partial charge in [0.25, 0.3) is 0 Å². The van der Waals surface area contributed by atoms with E-state index in [1.165, 1.54) is 0 Å². The number of aryl methyl sites for hydroxylation is 1. The number of anilines is 1. The Balaban J connectivity index is 2.13. The molecule has 2 rings (SSSR count). The van der Waals surface area contributed by atoms with E-state index < -0.39 is 5.97 Å². The second kappa shape index (κ2) is 5.40. The summed E-state index contributed by atoms with van der Waals surface area (Å²) in [5, 5.41) is 8.93. The highest BCUT2D eigenvalue weighted by molar-refractivity contribution is 7.98. The van der Waals surface area contributed by atoms with Crippen molar-refractivity contribution < 1.29 is 14.3 Å². The third-order valence-corrected chi connectivity index (χ3v) is 4.04. The third-order valence-electron chi connectivity index (χ3n) is 2.86. The van der Waals surface area contributed by atoms with Crippen molar-refractivity contribution in [1.29, 1.82) is 0 Å². The molecule has 3 N–H and O–H groups in total. The Hall–Kier alpha value is -1.88. The SMILES string of the molecule is Cc1cc(CSc2cccc(N)c2C)oc1C(=O)O. The maximum atomic E-state index is 10.9. The highest BCUT2D eigenvalue weighted by Crippen LogP contribution is 2.30. The smallest absolute Gasteiger partial charge is 0.372 e. The van der Waals surface area contributed by atoms with Crippen molar-refractivity contribution in [3.63, 3.8) is 0 Å². The Kier molecular flexibility index (Phi) is 3.85. The maximum absolute atomic E-state index is 10.9. The lowest BCUT2D eigenvalue weighted by Gasteiger charge is -2.06. The number of nitrogen functional groups attached to an aromatic ring is 1. The van der Waals surface area contributed by atoms with Crippen molar-refractivity contribution in [1.82, 2.24) is 0 Å². The highest BCUT2D eigenvalue weighted by Gasteiger charge is 2.14. The fraction of sp³-hybridized carbons (Fsp3) is 0.214. The van der Waals surface area contributed by atoms with Crippen LogP contribution in [0.5, 0.6) is 0 Å². The lowest BCUT2D eigenvalue weighted by Crippen LogP contribution is -1.95. The van der Waals surface area contributed by atoms with Crippen molar-refractivity contribution >= 4 is 23.4 Å². The minimum absolute atomic E-state index is 0.0138. The van der Waals surface area contributed by atoms with E-state index in [2.05, 4.69) is 0 Å². The van der Waals surface area contributed by atoms with Gasteiger partial charge in [-0.3, -0.25) is 0 Å². The first-order valence-electron chi connectivity index (χ1n) is 5.79. The molecule has 100 valence electrons. The van der Waals surface area contributed by atoms with Gasteiger partial charge in [0.2, 0.25) is 5.76 Å². The quantitative estimate of drug-likeness (QED) is 0.661. The predicted octanol–water partition coefficient (Wildman–Crippen LogP) is 3.47. The van der Waals surface area contributed by atoms with Crippen molar-refractivity contribution in [2.24, 2.45) is 0 Å². The largest absolute Gasteiger partial charge is 0.475 e. The van der Waals surface area contributed by atoms with Crippen LogP contribution >= 0.6 is 11.8 Å². The Bertz CT molecular complexity index is 619. The summed E-state index contributed by atoms with van der Waals surface area (Å²) >= 11 is 1.58. The van der Waals surface area contributed by atoms with Gasteiger partial charge in [-0.15, -0.1) is 11.8 Å². The molecular weight excluding hydrogens is 262 g/mol. The molecule has 0 spiro atoms. The number of furan rings is 1. The van der Waals surface area contributed by atoms with E-state index in [0.29, 0.717) is 17.1 Å². The van der Waals surface area contributed by atoms with Gasteiger partial charge >= 0.3 is 5.97 Å². The average molecular weight is 277 g/mol. The van der Waals surface area contributed by atoms with Crippen LogP contribution in [0.3, 0.4) is 0 Å². The summed E-state index contributed by atoms with van der Waals surface area (Å²) in [6.45, 7) is 3.70. The van der Waals surface area contributed by atoms with Gasteiger partial charge in [0.15, 0.2) is 0 Å². The van der Waals surface area contributed by atoms with Gasteiger partial charge in [-0.1, -0.05) is 6.07 Å². The maximum Gasteiger partial charge on any atom is 0.372 e. The van der Waals surface area contributed by atoms with E-state index in [1.54, 1.807) is 24.8 Å². The topological polar surface area (TPSA) is 76.5 Å². The first-order valence-corrected chi connectivity index (χ1v) is 6.78. The van der Waals surface area contributed by atoms with Gasteiger partial charge < -0.3 is 15.3 Å². The molecule has 0 atom stereocenters. The zero-order chi connectivity index (χ0) is 14.0. The molecule has 5 heteroatoms. The molecule has 0 unspecified atom stereocenters. The lowest BCUT2D eigenvalue weighted by molar-refractivity contribution is 0.0659. The number of hydrogen-bond donors (Lipinski definition) is 2. The minimum atomic E-state index is -1.03. The molecule has 0 saturated carbocycles. The van der Waals surface area contributed by atoms with E-state index in [4.69, 9.17) is 15.3 Å². The van der Waals surface area contributed by atoms with Gasteiger partial charge in [0.1, 0.15) is 5.76 Å². The molecule has 0 aliphatic carbocycles. The Labute approximate surface area is 115 Å². The van der Waals surface area contributed by atoms with Gasteiger partial charge in [-0.2, -0.15) is 0 Å². The standard InChI is InChI=1S/C14H15NO3S/c1-8-6-10(18-13(8)14(16)17)7-19-12-5-3-4-11(15)9(12)2/h3-6H,7,15H2,1-2H3,(H,16,17). The predicted molar refractivity (Wildman–Crippen MR) is 75.6 cm³/mol. The van der Waals surface area contributed by atoms with Crippen LogP contribution in [0, 0.1) is 13.8 Å². The van der Waals surface area contributed by atoms with Crippen LogP contribution in [0.1, 0.15) is 27.4 Å². The number of hydrogen-bond acceptors (Lipinski definition) is 4. The Morgan fingerprint density at radius 2 is 2.16 bits per heavy atom. The van der Waals surface area contributed by atoms with Crippen LogP contribution < -0.4 is 5.73 Å². The summed E-state index contributed by atoms with van der Waals surface area (Å²) < 4.78 is 5.32. The van der Waals surface area contributed by atoms with E-state index in [0.717, 1.165) is 16.1 Å². The second-order valence-corrected chi connectivity index (χ2v) is 5.31. The van der Waals surface area contributed by atoms with E-state index in [-0.39, 0.29) is 5.76 Å². The third kappa shape index (κ3) is 2.93. The van der Waals surface area contributed by atoms with Gasteiger partial charge in [0.05, 0.1) is 5.75 Å². The van der Waals surface area contributed by atoms with Crippen LogP contribution in [0.15, 0.2) is 33.6 Å². The molecule has 19 heavy (non-hydrogen) atoms. The van der Waals surface area contributed by atoms with Crippen molar-refractivity contribution in [2.75, 3.05) is 5.73 Å². The molecule has 1 heterocycles. The molecular formula is C14H15NO3S. The molecule has 1 aromatic carbocycles. The number of carboxylic acids is 1. The zero-order valence-corrected chi connectivity index (χ0v) is 11.6. The van der Waals surface area contributed by atoms with Crippen LogP contribution in [-0.4, -0.2) is 11.1 Å². The van der Waals surface area contributed by atoms with Crippen molar-refractivity contribution in [3.05, 3.63) is 46.9 Å². The Morgan fingerprint density at radius 1 is 1.42 bits per heavy atom. The summed E-state index contributed by atoms with van der Waals surface area (Å²) in [6.07, 6.45) is 0. The van der Waals surface area contributed by atoms with E-state index >= 15 is 0 Å². The number of carboxylic acid groups (broad SMARTS) is 1. The van der Waals surface area contributed by atoms with E-state index in [1.807, 2.05) is 25.1 Å². The first kappa shape index (κ1) is 13.5. The Morgan fingerprint density at radius 3 is 2.79 bits per heavy atom. The van der Waals surface area contributed by atoms with Crippen molar-refractivity contribution in [2.45, 2.75) is 24.5 Å². The minimum Gasteiger partial charge on any atom is -0.475 e.